The van der Waals surface area contributed by atoms with Crippen molar-refractivity contribution in [3.63, 3.8) is 0 Å². The maximum absolute atomic E-state index is 4.87. The Labute approximate surface area is 159 Å². The summed E-state index contributed by atoms with van der Waals surface area (Å²) in [4.78, 5) is 9.91. The molecule has 0 bridgehead atoms. The fourth-order valence-corrected chi connectivity index (χ4v) is 2.99. The second-order valence-corrected chi connectivity index (χ2v) is 7.19. The van der Waals surface area contributed by atoms with Crippen molar-refractivity contribution in [3.8, 4) is 0 Å². The summed E-state index contributed by atoms with van der Waals surface area (Å²) in [6.07, 6.45) is 2.75. The van der Waals surface area contributed by atoms with Crippen LogP contribution >= 0.6 is 24.0 Å². The molecule has 6 heteroatoms. The van der Waals surface area contributed by atoms with E-state index in [0.717, 1.165) is 31.5 Å². The summed E-state index contributed by atoms with van der Waals surface area (Å²) >= 11 is 0. The number of aliphatic imine (C=N–C) groups is 1. The van der Waals surface area contributed by atoms with E-state index in [0.29, 0.717) is 12.0 Å². The fraction of sp³-hybridized carbons (Fsp3) is 0.941. The topological polar surface area (TPSA) is 42.9 Å². The Balaban J connectivity index is 0.00000264. The lowest BCUT2D eigenvalue weighted by atomic mass is 10.0. The molecular formula is C17H36IN5. The SMILES string of the molecule is CCNC(=NCC(C(C)C)N1CCN(C)CC1)NCC1CC1.I. The van der Waals surface area contributed by atoms with Crippen LogP contribution in [0.15, 0.2) is 4.99 Å². The number of piperazine rings is 1. The average Bonchev–Trinajstić information content (AvgIpc) is 3.30. The molecule has 1 heterocycles. The van der Waals surface area contributed by atoms with Gasteiger partial charge in [-0.3, -0.25) is 9.89 Å². The average molecular weight is 437 g/mol. The van der Waals surface area contributed by atoms with Crippen molar-refractivity contribution in [1.82, 2.24) is 20.4 Å². The number of guanidine groups is 1. The van der Waals surface area contributed by atoms with Crippen LogP contribution in [-0.2, 0) is 0 Å². The van der Waals surface area contributed by atoms with Gasteiger partial charge in [0.25, 0.3) is 0 Å². The Kier molecular flexibility index (Phi) is 9.77. The Morgan fingerprint density at radius 2 is 1.78 bits per heavy atom. The van der Waals surface area contributed by atoms with Crippen LogP contribution < -0.4 is 10.6 Å². The van der Waals surface area contributed by atoms with Crippen molar-refractivity contribution < 1.29 is 0 Å². The van der Waals surface area contributed by atoms with Crippen LogP contribution in [0.25, 0.3) is 0 Å². The zero-order chi connectivity index (χ0) is 15.9. The molecule has 1 atom stereocenters. The standard InChI is InChI=1S/C17H35N5.HI/c1-5-18-17(19-12-15-6-7-15)20-13-16(14(2)3)22-10-8-21(4)9-11-22;/h14-16H,5-13H2,1-4H3,(H2,18,19,20);1H. The second kappa shape index (κ2) is 10.7. The molecule has 0 aromatic carbocycles. The van der Waals surface area contributed by atoms with E-state index in [-0.39, 0.29) is 24.0 Å². The predicted octanol–water partition coefficient (Wildman–Crippen LogP) is 1.84. The molecular weight excluding hydrogens is 401 g/mol. The van der Waals surface area contributed by atoms with Gasteiger partial charge >= 0.3 is 0 Å². The Bertz CT molecular complexity index is 349. The molecule has 2 rings (SSSR count). The van der Waals surface area contributed by atoms with Crippen molar-refractivity contribution in [2.45, 2.75) is 39.7 Å². The summed E-state index contributed by atoms with van der Waals surface area (Å²) in [5, 5.41) is 6.88. The lowest BCUT2D eigenvalue weighted by Crippen LogP contribution is -2.52. The molecule has 0 aromatic rings. The van der Waals surface area contributed by atoms with Gasteiger partial charge in [-0.2, -0.15) is 0 Å². The minimum Gasteiger partial charge on any atom is -0.357 e. The largest absolute Gasteiger partial charge is 0.357 e. The van der Waals surface area contributed by atoms with Gasteiger partial charge in [0, 0.05) is 45.3 Å². The van der Waals surface area contributed by atoms with Crippen LogP contribution in [0.2, 0.25) is 0 Å². The van der Waals surface area contributed by atoms with Crippen LogP contribution in [-0.4, -0.2) is 74.7 Å². The molecule has 1 aliphatic heterocycles. The molecule has 0 amide bonds. The monoisotopic (exact) mass is 437 g/mol. The Morgan fingerprint density at radius 3 is 2.30 bits per heavy atom. The van der Waals surface area contributed by atoms with Gasteiger partial charge in [0.15, 0.2) is 5.96 Å². The highest BCUT2D eigenvalue weighted by Crippen LogP contribution is 2.27. The van der Waals surface area contributed by atoms with Gasteiger partial charge in [0.2, 0.25) is 0 Å². The summed E-state index contributed by atoms with van der Waals surface area (Å²) in [6.45, 7) is 14.4. The zero-order valence-corrected chi connectivity index (χ0v) is 17.7. The normalized spacial score (nSPS) is 21.9. The summed E-state index contributed by atoms with van der Waals surface area (Å²) in [5.41, 5.74) is 0. The van der Waals surface area contributed by atoms with Crippen LogP contribution in [0.4, 0.5) is 0 Å². The first-order valence-corrected chi connectivity index (χ1v) is 9.05. The molecule has 2 fully saturated rings. The number of rotatable bonds is 7. The third kappa shape index (κ3) is 7.56. The van der Waals surface area contributed by atoms with E-state index in [1.165, 1.54) is 39.0 Å². The van der Waals surface area contributed by atoms with Crippen LogP contribution in [0.5, 0.6) is 0 Å². The van der Waals surface area contributed by atoms with E-state index in [1.54, 1.807) is 0 Å². The van der Waals surface area contributed by atoms with Gasteiger partial charge in [0.05, 0.1) is 6.54 Å². The van der Waals surface area contributed by atoms with Crippen molar-refractivity contribution in [1.29, 1.82) is 0 Å². The predicted molar refractivity (Wildman–Crippen MR) is 110 cm³/mol. The number of nitrogens with one attached hydrogen (secondary N) is 2. The molecule has 1 saturated heterocycles. The summed E-state index contributed by atoms with van der Waals surface area (Å²) in [5.74, 6) is 2.51. The minimum atomic E-state index is 0. The quantitative estimate of drug-likeness (QED) is 0.363. The van der Waals surface area contributed by atoms with Crippen molar-refractivity contribution >= 4 is 29.9 Å². The molecule has 2 N–H and O–H groups in total. The molecule has 0 spiro atoms. The van der Waals surface area contributed by atoms with Gasteiger partial charge < -0.3 is 15.5 Å². The van der Waals surface area contributed by atoms with E-state index in [9.17, 15) is 0 Å². The van der Waals surface area contributed by atoms with Gasteiger partial charge in [-0.15, -0.1) is 24.0 Å². The van der Waals surface area contributed by atoms with Crippen molar-refractivity contribution in [3.05, 3.63) is 0 Å². The maximum atomic E-state index is 4.87. The van der Waals surface area contributed by atoms with Gasteiger partial charge in [0.1, 0.15) is 0 Å². The highest BCUT2D eigenvalue weighted by molar-refractivity contribution is 14.0. The van der Waals surface area contributed by atoms with E-state index >= 15 is 0 Å². The van der Waals surface area contributed by atoms with E-state index < -0.39 is 0 Å². The smallest absolute Gasteiger partial charge is 0.191 e. The molecule has 1 unspecified atom stereocenters. The lowest BCUT2D eigenvalue weighted by molar-refractivity contribution is 0.0925. The van der Waals surface area contributed by atoms with Crippen LogP contribution in [0.3, 0.4) is 0 Å². The molecule has 0 radical (unpaired) electrons. The molecule has 2 aliphatic rings. The third-order valence-corrected chi connectivity index (χ3v) is 4.81. The first kappa shape index (κ1) is 21.0. The number of hydrogen-bond acceptors (Lipinski definition) is 3. The molecule has 0 aromatic heterocycles. The minimum absolute atomic E-state index is 0. The molecule has 23 heavy (non-hydrogen) atoms. The first-order chi connectivity index (χ1) is 10.6. The summed E-state index contributed by atoms with van der Waals surface area (Å²) < 4.78 is 0. The third-order valence-electron chi connectivity index (χ3n) is 4.81. The highest BCUT2D eigenvalue weighted by Gasteiger charge is 2.25. The Hall–Kier alpha value is -0.0800. The number of hydrogen-bond donors (Lipinski definition) is 2. The molecule has 136 valence electrons. The Morgan fingerprint density at radius 1 is 1.13 bits per heavy atom. The molecule has 1 aliphatic carbocycles. The second-order valence-electron chi connectivity index (χ2n) is 7.19. The first-order valence-electron chi connectivity index (χ1n) is 9.05. The molecule has 1 saturated carbocycles. The van der Waals surface area contributed by atoms with Crippen molar-refractivity contribution in [2.75, 3.05) is 52.9 Å². The van der Waals surface area contributed by atoms with E-state index in [1.807, 2.05) is 0 Å². The van der Waals surface area contributed by atoms with Crippen LogP contribution in [0, 0.1) is 11.8 Å². The van der Waals surface area contributed by atoms with Gasteiger partial charge in [-0.05, 0) is 38.6 Å². The summed E-state index contributed by atoms with van der Waals surface area (Å²) in [7, 11) is 2.21. The maximum Gasteiger partial charge on any atom is 0.191 e. The van der Waals surface area contributed by atoms with Gasteiger partial charge in [-0.1, -0.05) is 13.8 Å². The van der Waals surface area contributed by atoms with E-state index in [2.05, 4.69) is 48.3 Å². The molecule has 5 nitrogen and oxygen atoms in total. The van der Waals surface area contributed by atoms with E-state index in [4.69, 9.17) is 4.99 Å². The number of halogens is 1. The van der Waals surface area contributed by atoms with Gasteiger partial charge in [-0.25, -0.2) is 0 Å². The number of nitrogens with zero attached hydrogens (tertiary/aromatic N) is 3. The lowest BCUT2D eigenvalue weighted by Gasteiger charge is -2.39. The van der Waals surface area contributed by atoms with Crippen molar-refractivity contribution in [2.24, 2.45) is 16.8 Å². The fourth-order valence-electron chi connectivity index (χ4n) is 2.99. The zero-order valence-electron chi connectivity index (χ0n) is 15.3. The summed E-state index contributed by atoms with van der Waals surface area (Å²) in [6, 6.07) is 0.546. The number of likely N-dealkylation sites (N-methyl/N-ethyl adjacent to an activating group) is 1. The van der Waals surface area contributed by atoms with Crippen LogP contribution in [0.1, 0.15) is 33.6 Å². The highest BCUT2D eigenvalue weighted by atomic mass is 127.